The number of carbonyl (C=O) groups is 1. The minimum atomic E-state index is -0.254. The topological polar surface area (TPSA) is 69.0 Å². The van der Waals surface area contributed by atoms with E-state index in [2.05, 4.69) is 34.6 Å². The summed E-state index contributed by atoms with van der Waals surface area (Å²) in [6.45, 7) is 6.08. The molecule has 152 valence electrons. The van der Waals surface area contributed by atoms with Crippen LogP contribution < -0.4 is 10.1 Å². The Balaban J connectivity index is 1.56. The number of hydrogen-bond acceptors (Lipinski definition) is 5. The van der Waals surface area contributed by atoms with Gasteiger partial charge in [0.05, 0.1) is 5.75 Å². The monoisotopic (exact) mass is 410 g/mol. The molecule has 1 aromatic heterocycles. The molecule has 3 rings (SSSR count). The van der Waals surface area contributed by atoms with E-state index in [0.29, 0.717) is 11.0 Å². The number of hydrogen-bond donors (Lipinski definition) is 1. The third-order valence-electron chi connectivity index (χ3n) is 4.54. The minimum Gasteiger partial charge on any atom is -0.483 e. The third kappa shape index (κ3) is 5.60. The molecule has 2 aromatic carbocycles. The fourth-order valence-electron chi connectivity index (χ4n) is 2.83. The van der Waals surface area contributed by atoms with Crippen LogP contribution in [0.3, 0.4) is 0 Å². The van der Waals surface area contributed by atoms with Gasteiger partial charge in [0.2, 0.25) is 5.91 Å². The van der Waals surface area contributed by atoms with Crippen molar-refractivity contribution in [2.24, 2.45) is 7.05 Å². The number of nitrogens with one attached hydrogen (secondary N) is 1. The van der Waals surface area contributed by atoms with Crippen LogP contribution in [0.5, 0.6) is 5.75 Å². The molecule has 6 nitrogen and oxygen atoms in total. The maximum Gasteiger partial charge on any atom is 0.234 e. The molecule has 7 heteroatoms. The summed E-state index contributed by atoms with van der Waals surface area (Å²) >= 11 is 1.35. The van der Waals surface area contributed by atoms with Gasteiger partial charge in [-0.15, -0.1) is 10.2 Å². The first kappa shape index (κ1) is 20.9. The lowest BCUT2D eigenvalue weighted by atomic mass is 10.2. The highest BCUT2D eigenvalue weighted by molar-refractivity contribution is 7.99. The van der Waals surface area contributed by atoms with E-state index in [1.807, 2.05) is 61.9 Å². The van der Waals surface area contributed by atoms with E-state index >= 15 is 0 Å². The van der Waals surface area contributed by atoms with Gasteiger partial charge >= 0.3 is 0 Å². The van der Waals surface area contributed by atoms with Gasteiger partial charge in [0, 0.05) is 12.7 Å². The fraction of sp³-hybridized carbons (Fsp3) is 0.318. The highest BCUT2D eigenvalue weighted by Crippen LogP contribution is 2.24. The second-order valence-electron chi connectivity index (χ2n) is 6.86. The van der Waals surface area contributed by atoms with E-state index in [1.165, 1.54) is 17.3 Å². The fourth-order valence-corrected chi connectivity index (χ4v) is 3.55. The van der Waals surface area contributed by atoms with Crippen molar-refractivity contribution in [3.05, 3.63) is 65.5 Å². The lowest BCUT2D eigenvalue weighted by Gasteiger charge is -2.14. The number of ether oxygens (including phenoxy) is 1. The maximum atomic E-state index is 12.2. The molecular formula is C22H26N4O2S. The van der Waals surface area contributed by atoms with Gasteiger partial charge in [-0.2, -0.15) is 0 Å². The van der Waals surface area contributed by atoms with Crippen molar-refractivity contribution in [3.63, 3.8) is 0 Å². The summed E-state index contributed by atoms with van der Waals surface area (Å²) in [5.41, 5.74) is 3.21. The Morgan fingerprint density at radius 2 is 1.83 bits per heavy atom. The molecule has 3 aromatic rings. The Morgan fingerprint density at radius 3 is 2.48 bits per heavy atom. The molecule has 0 unspecified atom stereocenters. The number of anilines is 1. The molecule has 0 aliphatic rings. The standard InChI is InChI=1S/C22H26N4O2S/c1-5-17-8-12-19(13-9-17)28-16(3)21-24-25-22(26(21)4)29-14-20(27)23-18-10-6-15(2)7-11-18/h6-13,16H,5,14H2,1-4H3,(H,23,27)/t16-/m1/s1. The molecule has 29 heavy (non-hydrogen) atoms. The number of amides is 1. The van der Waals surface area contributed by atoms with Crippen LogP contribution in [0.1, 0.15) is 36.9 Å². The zero-order valence-corrected chi connectivity index (χ0v) is 18.0. The highest BCUT2D eigenvalue weighted by atomic mass is 32.2. The molecule has 0 aliphatic heterocycles. The first-order chi connectivity index (χ1) is 14.0. The largest absolute Gasteiger partial charge is 0.483 e. The summed E-state index contributed by atoms with van der Waals surface area (Å²) in [7, 11) is 1.88. The van der Waals surface area contributed by atoms with Gasteiger partial charge in [-0.05, 0) is 50.1 Å². The number of aryl methyl sites for hydroxylation is 2. The van der Waals surface area contributed by atoms with Gasteiger partial charge < -0.3 is 14.6 Å². The number of benzene rings is 2. The summed E-state index contributed by atoms with van der Waals surface area (Å²) in [5.74, 6) is 1.69. The SMILES string of the molecule is CCc1ccc(O[C@H](C)c2nnc(SCC(=O)Nc3ccc(C)cc3)n2C)cc1. The van der Waals surface area contributed by atoms with E-state index in [1.54, 1.807) is 0 Å². The van der Waals surface area contributed by atoms with Crippen molar-refractivity contribution >= 4 is 23.4 Å². The van der Waals surface area contributed by atoms with Crippen molar-refractivity contribution in [3.8, 4) is 5.75 Å². The van der Waals surface area contributed by atoms with Crippen LogP contribution in [0.4, 0.5) is 5.69 Å². The van der Waals surface area contributed by atoms with Crippen LogP contribution in [0.15, 0.2) is 53.7 Å². The molecule has 0 saturated carbocycles. The van der Waals surface area contributed by atoms with Crippen molar-refractivity contribution in [2.75, 3.05) is 11.1 Å². The molecule has 0 saturated heterocycles. The maximum absolute atomic E-state index is 12.2. The predicted molar refractivity (Wildman–Crippen MR) is 116 cm³/mol. The molecular weight excluding hydrogens is 384 g/mol. The Labute approximate surface area is 175 Å². The zero-order chi connectivity index (χ0) is 20.8. The summed E-state index contributed by atoms with van der Waals surface area (Å²) in [6, 6.07) is 15.8. The molecule has 1 amide bonds. The average molecular weight is 411 g/mol. The van der Waals surface area contributed by atoms with Gasteiger partial charge in [-0.1, -0.05) is 48.5 Å². The summed E-state index contributed by atoms with van der Waals surface area (Å²) in [4.78, 5) is 12.2. The van der Waals surface area contributed by atoms with Gasteiger partial charge in [0.1, 0.15) is 5.75 Å². The van der Waals surface area contributed by atoms with E-state index in [4.69, 9.17) is 4.74 Å². The number of thioether (sulfide) groups is 1. The average Bonchev–Trinajstić information content (AvgIpc) is 3.09. The first-order valence-corrected chi connectivity index (χ1v) is 10.6. The summed E-state index contributed by atoms with van der Waals surface area (Å²) < 4.78 is 7.87. The molecule has 1 atom stereocenters. The number of carbonyl (C=O) groups excluding carboxylic acids is 1. The Bertz CT molecular complexity index is 952. The Morgan fingerprint density at radius 1 is 1.14 bits per heavy atom. The first-order valence-electron chi connectivity index (χ1n) is 9.60. The van der Waals surface area contributed by atoms with E-state index in [-0.39, 0.29) is 17.8 Å². The van der Waals surface area contributed by atoms with Crippen molar-refractivity contribution in [1.82, 2.24) is 14.8 Å². The Hall–Kier alpha value is -2.80. The van der Waals surface area contributed by atoms with Crippen molar-refractivity contribution < 1.29 is 9.53 Å². The Kier molecular flexibility index (Phi) is 6.93. The summed E-state index contributed by atoms with van der Waals surface area (Å²) in [5, 5.41) is 12.0. The second kappa shape index (κ2) is 9.60. The van der Waals surface area contributed by atoms with Crippen LogP contribution in [0.25, 0.3) is 0 Å². The molecule has 0 fully saturated rings. The highest BCUT2D eigenvalue weighted by Gasteiger charge is 2.18. The molecule has 0 bridgehead atoms. The second-order valence-corrected chi connectivity index (χ2v) is 7.80. The molecule has 1 N–H and O–H groups in total. The minimum absolute atomic E-state index is 0.0799. The van der Waals surface area contributed by atoms with Gasteiger partial charge in [0.15, 0.2) is 17.1 Å². The van der Waals surface area contributed by atoms with Crippen LogP contribution in [0, 0.1) is 6.92 Å². The van der Waals surface area contributed by atoms with Crippen molar-refractivity contribution in [2.45, 2.75) is 38.5 Å². The smallest absolute Gasteiger partial charge is 0.234 e. The molecule has 1 heterocycles. The zero-order valence-electron chi connectivity index (χ0n) is 17.2. The van der Waals surface area contributed by atoms with Crippen LogP contribution in [-0.2, 0) is 18.3 Å². The quantitative estimate of drug-likeness (QED) is 0.552. The third-order valence-corrected chi connectivity index (χ3v) is 5.56. The van der Waals surface area contributed by atoms with E-state index in [9.17, 15) is 4.79 Å². The van der Waals surface area contributed by atoms with E-state index < -0.39 is 0 Å². The van der Waals surface area contributed by atoms with Crippen molar-refractivity contribution in [1.29, 1.82) is 0 Å². The number of nitrogens with zero attached hydrogens (tertiary/aromatic N) is 3. The predicted octanol–water partition coefficient (Wildman–Crippen LogP) is 4.56. The van der Waals surface area contributed by atoms with E-state index in [0.717, 1.165) is 23.4 Å². The lowest BCUT2D eigenvalue weighted by Crippen LogP contribution is -2.14. The van der Waals surface area contributed by atoms with Gasteiger partial charge in [-0.3, -0.25) is 4.79 Å². The van der Waals surface area contributed by atoms with Gasteiger partial charge in [0.25, 0.3) is 0 Å². The van der Waals surface area contributed by atoms with Crippen LogP contribution >= 0.6 is 11.8 Å². The molecule has 0 radical (unpaired) electrons. The number of rotatable bonds is 8. The number of aromatic nitrogens is 3. The normalized spacial score (nSPS) is 11.9. The van der Waals surface area contributed by atoms with Crippen LogP contribution in [-0.4, -0.2) is 26.4 Å². The lowest BCUT2D eigenvalue weighted by molar-refractivity contribution is -0.113. The summed E-state index contributed by atoms with van der Waals surface area (Å²) in [6.07, 6.45) is 0.743. The molecule has 0 spiro atoms. The van der Waals surface area contributed by atoms with Gasteiger partial charge in [-0.25, -0.2) is 0 Å². The molecule has 0 aliphatic carbocycles. The van der Waals surface area contributed by atoms with Crippen LogP contribution in [0.2, 0.25) is 0 Å².